The molecule has 0 aliphatic carbocycles. The van der Waals surface area contributed by atoms with Gasteiger partial charge in [-0.15, -0.1) is 0 Å². The van der Waals surface area contributed by atoms with Gasteiger partial charge in [0.1, 0.15) is 0 Å². The smallest absolute Gasteiger partial charge is 0.338 e. The van der Waals surface area contributed by atoms with Crippen molar-refractivity contribution >= 4 is 37.8 Å². The molecule has 0 aromatic heterocycles. The summed E-state index contributed by atoms with van der Waals surface area (Å²) in [6.07, 6.45) is 0. The third-order valence-corrected chi connectivity index (χ3v) is 4.05. The summed E-state index contributed by atoms with van der Waals surface area (Å²) in [7, 11) is 0. The van der Waals surface area contributed by atoms with Crippen LogP contribution >= 0.6 is 31.9 Å². The van der Waals surface area contributed by atoms with Crippen LogP contribution in [0.1, 0.15) is 22.8 Å². The minimum atomic E-state index is -0.279. The van der Waals surface area contributed by atoms with E-state index in [0.29, 0.717) is 12.2 Å². The van der Waals surface area contributed by atoms with Gasteiger partial charge in [0.2, 0.25) is 0 Å². The van der Waals surface area contributed by atoms with Crippen molar-refractivity contribution in [2.45, 2.75) is 13.8 Å². The minimum absolute atomic E-state index is 0.279. The molecular weight excluding hydrogens is 312 g/mol. The summed E-state index contributed by atoms with van der Waals surface area (Å²) in [6.45, 7) is 4.06. The molecule has 0 aliphatic heterocycles. The molecule has 1 aromatic carbocycles. The zero-order valence-corrected chi connectivity index (χ0v) is 11.1. The summed E-state index contributed by atoms with van der Waals surface area (Å²) >= 11 is 6.76. The number of carbonyl (C=O) groups excluding carboxylic acids is 1. The normalized spacial score (nSPS) is 10.0. The van der Waals surface area contributed by atoms with Crippen LogP contribution in [-0.4, -0.2) is 12.6 Å². The monoisotopic (exact) mass is 320 g/mol. The Balaban J connectivity index is 3.11. The Hall–Kier alpha value is -0.350. The average molecular weight is 322 g/mol. The first-order valence-corrected chi connectivity index (χ1v) is 5.78. The van der Waals surface area contributed by atoms with Crippen LogP contribution in [0.15, 0.2) is 21.1 Å². The van der Waals surface area contributed by atoms with Crippen molar-refractivity contribution in [2.24, 2.45) is 0 Å². The van der Waals surface area contributed by atoms with E-state index in [1.165, 1.54) is 0 Å². The van der Waals surface area contributed by atoms with Gasteiger partial charge in [-0.05, 0) is 63.4 Å². The molecule has 0 saturated carbocycles. The molecule has 0 heterocycles. The standard InChI is InChI=1S/C10H10Br2O2/c1-3-14-10(13)7-4-5-8(11)9(12)6(7)2/h4-5H,3H2,1-2H3. The van der Waals surface area contributed by atoms with Gasteiger partial charge in [-0.2, -0.15) is 0 Å². The lowest BCUT2D eigenvalue weighted by Gasteiger charge is -2.07. The number of esters is 1. The number of hydrogen-bond donors (Lipinski definition) is 0. The molecule has 0 aliphatic rings. The van der Waals surface area contributed by atoms with Crippen molar-refractivity contribution in [3.8, 4) is 0 Å². The van der Waals surface area contributed by atoms with E-state index < -0.39 is 0 Å². The Kier molecular flexibility index (Phi) is 4.13. The Morgan fingerprint density at radius 2 is 2.07 bits per heavy atom. The highest BCUT2D eigenvalue weighted by molar-refractivity contribution is 9.13. The van der Waals surface area contributed by atoms with Crippen molar-refractivity contribution in [2.75, 3.05) is 6.61 Å². The highest BCUT2D eigenvalue weighted by Crippen LogP contribution is 2.28. The lowest BCUT2D eigenvalue weighted by molar-refractivity contribution is 0.0525. The van der Waals surface area contributed by atoms with E-state index in [1.54, 1.807) is 13.0 Å². The number of ether oxygens (including phenoxy) is 1. The number of rotatable bonds is 2. The van der Waals surface area contributed by atoms with E-state index in [-0.39, 0.29) is 5.97 Å². The van der Waals surface area contributed by atoms with Gasteiger partial charge >= 0.3 is 5.97 Å². The van der Waals surface area contributed by atoms with Crippen molar-refractivity contribution in [3.63, 3.8) is 0 Å². The largest absolute Gasteiger partial charge is 0.462 e. The van der Waals surface area contributed by atoms with Gasteiger partial charge < -0.3 is 4.74 Å². The summed E-state index contributed by atoms with van der Waals surface area (Å²) in [6, 6.07) is 3.57. The van der Waals surface area contributed by atoms with Crippen LogP contribution in [0.3, 0.4) is 0 Å². The molecule has 0 N–H and O–H groups in total. The molecule has 0 atom stereocenters. The minimum Gasteiger partial charge on any atom is -0.462 e. The first-order valence-electron chi connectivity index (χ1n) is 4.19. The second-order valence-electron chi connectivity index (χ2n) is 2.75. The van der Waals surface area contributed by atoms with Crippen LogP contribution in [0, 0.1) is 6.92 Å². The van der Waals surface area contributed by atoms with E-state index in [4.69, 9.17) is 4.74 Å². The molecule has 2 nitrogen and oxygen atoms in total. The van der Waals surface area contributed by atoms with Crippen molar-refractivity contribution in [3.05, 3.63) is 32.2 Å². The highest BCUT2D eigenvalue weighted by atomic mass is 79.9. The fourth-order valence-corrected chi connectivity index (χ4v) is 1.86. The van der Waals surface area contributed by atoms with E-state index in [1.807, 2.05) is 13.0 Å². The van der Waals surface area contributed by atoms with Crippen LogP contribution in [-0.2, 0) is 4.74 Å². The molecule has 0 bridgehead atoms. The van der Waals surface area contributed by atoms with E-state index >= 15 is 0 Å². The van der Waals surface area contributed by atoms with Crippen LogP contribution in [0.2, 0.25) is 0 Å². The van der Waals surface area contributed by atoms with Crippen molar-refractivity contribution in [1.29, 1.82) is 0 Å². The lowest BCUT2D eigenvalue weighted by Crippen LogP contribution is -2.06. The Bertz CT molecular complexity index is 361. The second-order valence-corrected chi connectivity index (χ2v) is 4.40. The van der Waals surface area contributed by atoms with Crippen LogP contribution in [0.5, 0.6) is 0 Å². The summed E-state index contributed by atoms with van der Waals surface area (Å²) in [5, 5.41) is 0. The molecule has 0 saturated heterocycles. The van der Waals surface area contributed by atoms with Gasteiger partial charge in [0.15, 0.2) is 0 Å². The predicted molar refractivity (Wildman–Crippen MR) is 62.5 cm³/mol. The van der Waals surface area contributed by atoms with E-state index in [0.717, 1.165) is 14.5 Å². The molecule has 0 unspecified atom stereocenters. The number of benzene rings is 1. The third-order valence-electron chi connectivity index (χ3n) is 1.83. The molecule has 1 aromatic rings. The predicted octanol–water partition coefficient (Wildman–Crippen LogP) is 3.70. The van der Waals surface area contributed by atoms with Crippen LogP contribution in [0.4, 0.5) is 0 Å². The van der Waals surface area contributed by atoms with Gasteiger partial charge in [0.05, 0.1) is 12.2 Å². The number of halogens is 2. The first-order chi connectivity index (χ1) is 6.57. The molecule has 4 heteroatoms. The first kappa shape index (κ1) is 11.7. The fraction of sp³-hybridized carbons (Fsp3) is 0.300. The zero-order chi connectivity index (χ0) is 10.7. The van der Waals surface area contributed by atoms with E-state index in [9.17, 15) is 4.79 Å². The van der Waals surface area contributed by atoms with Crippen LogP contribution in [0.25, 0.3) is 0 Å². The highest BCUT2D eigenvalue weighted by Gasteiger charge is 2.13. The fourth-order valence-electron chi connectivity index (χ4n) is 1.08. The van der Waals surface area contributed by atoms with Gasteiger partial charge in [-0.3, -0.25) is 0 Å². The summed E-state index contributed by atoms with van der Waals surface area (Å²) < 4.78 is 6.75. The topological polar surface area (TPSA) is 26.3 Å². The molecule has 0 amide bonds. The number of carbonyl (C=O) groups is 1. The molecule has 0 fully saturated rings. The summed E-state index contributed by atoms with van der Waals surface area (Å²) in [5.41, 5.74) is 1.49. The molecule has 76 valence electrons. The van der Waals surface area contributed by atoms with Gasteiger partial charge in [-0.25, -0.2) is 4.79 Å². The third kappa shape index (κ3) is 2.36. The van der Waals surface area contributed by atoms with Crippen molar-refractivity contribution < 1.29 is 9.53 Å². The van der Waals surface area contributed by atoms with E-state index in [2.05, 4.69) is 31.9 Å². The molecule has 14 heavy (non-hydrogen) atoms. The summed E-state index contributed by atoms with van der Waals surface area (Å²) in [5.74, 6) is -0.279. The molecule has 0 radical (unpaired) electrons. The Morgan fingerprint density at radius 1 is 1.43 bits per heavy atom. The molecule has 0 spiro atoms. The maximum atomic E-state index is 11.5. The molecule has 1 rings (SSSR count). The summed E-state index contributed by atoms with van der Waals surface area (Å²) in [4.78, 5) is 11.5. The van der Waals surface area contributed by atoms with Gasteiger partial charge in [0.25, 0.3) is 0 Å². The Labute approximate surface area is 99.9 Å². The quantitative estimate of drug-likeness (QED) is 0.776. The maximum absolute atomic E-state index is 11.5. The maximum Gasteiger partial charge on any atom is 0.338 e. The van der Waals surface area contributed by atoms with Crippen LogP contribution < -0.4 is 0 Å². The SMILES string of the molecule is CCOC(=O)c1ccc(Br)c(Br)c1C. The molecular formula is C10H10Br2O2. The Morgan fingerprint density at radius 3 is 2.64 bits per heavy atom. The number of hydrogen-bond acceptors (Lipinski definition) is 2. The van der Waals surface area contributed by atoms with Gasteiger partial charge in [0, 0.05) is 8.95 Å². The van der Waals surface area contributed by atoms with Crippen molar-refractivity contribution in [1.82, 2.24) is 0 Å². The average Bonchev–Trinajstić information content (AvgIpc) is 2.15. The lowest BCUT2D eigenvalue weighted by atomic mass is 10.1. The van der Waals surface area contributed by atoms with Gasteiger partial charge in [-0.1, -0.05) is 0 Å². The zero-order valence-electron chi connectivity index (χ0n) is 7.93. The second kappa shape index (κ2) is 4.94.